The van der Waals surface area contributed by atoms with Gasteiger partial charge < -0.3 is 59.8 Å². The van der Waals surface area contributed by atoms with Crippen molar-refractivity contribution < 1.29 is 59.8 Å². The molecule has 12 nitrogen and oxygen atoms in total. The molecule has 5 aliphatic carbocycles. The van der Waals surface area contributed by atoms with Crippen molar-refractivity contribution in [2.75, 3.05) is 13.2 Å². The van der Waals surface area contributed by atoms with Crippen molar-refractivity contribution >= 4 is 0 Å². The van der Waals surface area contributed by atoms with E-state index in [9.17, 15) is 40.9 Å². The first-order valence-electron chi connectivity index (χ1n) is 19.9. The quantitative estimate of drug-likeness (QED) is 0.191. The van der Waals surface area contributed by atoms with Gasteiger partial charge in [-0.05, 0) is 77.6 Å². The first kappa shape index (κ1) is 40.2. The first-order valence-corrected chi connectivity index (χ1v) is 19.9. The van der Waals surface area contributed by atoms with Gasteiger partial charge in [-0.1, -0.05) is 73.1 Å². The monoisotopic (exact) mass is 750 g/mol. The highest BCUT2D eigenvalue weighted by atomic mass is 16.8. The molecule has 7 aliphatic rings. The molecular formula is C41H66O12. The van der Waals surface area contributed by atoms with Crippen LogP contribution < -0.4 is 0 Å². The fourth-order valence-electron chi connectivity index (χ4n) is 12.7. The Labute approximate surface area is 314 Å². The lowest BCUT2D eigenvalue weighted by Crippen LogP contribution is -2.68. The standard InChI is InChI=1S/C41H66O12/c1-36(2)16-21-20-9-10-25-40(7,39(20,6)14-13-38(21,5)27(45)17-36)12-11-24-37(3,4)28(15-26(44)41(24,25)8)52-35-33(31(48)30(47)23(18-42)51-35)53-34-32(49)29(46)22(43)19-50-34/h9-10,22-35,42-49H,11-19H2,1-8H3/t22-,23-,24+,25+,26-,27-,28+,29+,30-,31+,32-,33-,34+,35+,38-,39-,40-,41+/m1/s1. The Balaban J connectivity index is 1.19. The van der Waals surface area contributed by atoms with E-state index in [1.807, 2.05) is 0 Å². The average Bonchev–Trinajstić information content (AvgIpc) is 3.08. The highest BCUT2D eigenvalue weighted by Crippen LogP contribution is 2.74. The molecule has 3 saturated carbocycles. The van der Waals surface area contributed by atoms with Gasteiger partial charge in [0, 0.05) is 17.3 Å². The van der Waals surface area contributed by atoms with Crippen LogP contribution in [0.25, 0.3) is 0 Å². The minimum Gasteiger partial charge on any atom is -0.394 e. The Morgan fingerprint density at radius 1 is 0.792 bits per heavy atom. The van der Waals surface area contributed by atoms with Gasteiger partial charge in [0.15, 0.2) is 12.6 Å². The van der Waals surface area contributed by atoms with E-state index in [1.54, 1.807) is 0 Å². The van der Waals surface area contributed by atoms with Crippen LogP contribution in [0, 0.1) is 44.3 Å². The summed E-state index contributed by atoms with van der Waals surface area (Å²) in [6.45, 7) is 17.2. The van der Waals surface area contributed by atoms with Gasteiger partial charge in [-0.15, -0.1) is 0 Å². The molecule has 8 N–H and O–H groups in total. The smallest absolute Gasteiger partial charge is 0.187 e. The largest absolute Gasteiger partial charge is 0.394 e. The summed E-state index contributed by atoms with van der Waals surface area (Å²) >= 11 is 0. The van der Waals surface area contributed by atoms with Crippen LogP contribution in [0.4, 0.5) is 0 Å². The number of ether oxygens (including phenoxy) is 4. The number of rotatable bonds is 5. The summed E-state index contributed by atoms with van der Waals surface area (Å²) in [6, 6.07) is 0. The van der Waals surface area contributed by atoms with E-state index in [2.05, 4.69) is 67.5 Å². The normalized spacial score (nSPS) is 54.7. The van der Waals surface area contributed by atoms with Crippen LogP contribution in [0.5, 0.6) is 0 Å². The van der Waals surface area contributed by atoms with Crippen LogP contribution >= 0.6 is 0 Å². The van der Waals surface area contributed by atoms with Crippen LogP contribution in [0.3, 0.4) is 0 Å². The molecule has 0 bridgehead atoms. The Morgan fingerprint density at radius 3 is 2.17 bits per heavy atom. The van der Waals surface area contributed by atoms with Crippen molar-refractivity contribution in [1.82, 2.24) is 0 Å². The highest BCUT2D eigenvalue weighted by molar-refractivity contribution is 5.46. The molecule has 2 aliphatic heterocycles. The summed E-state index contributed by atoms with van der Waals surface area (Å²) in [4.78, 5) is 0. The third-order valence-electron chi connectivity index (χ3n) is 16.4. The molecule has 18 atom stereocenters. The lowest BCUT2D eigenvalue weighted by atomic mass is 9.35. The van der Waals surface area contributed by atoms with Gasteiger partial charge in [-0.25, -0.2) is 0 Å². The van der Waals surface area contributed by atoms with E-state index in [-0.39, 0.29) is 52.6 Å². The van der Waals surface area contributed by atoms with E-state index < -0.39 is 85.0 Å². The van der Waals surface area contributed by atoms with Gasteiger partial charge in [-0.2, -0.15) is 0 Å². The number of hydrogen-bond donors (Lipinski definition) is 8. The molecule has 0 aromatic carbocycles. The van der Waals surface area contributed by atoms with Gasteiger partial charge >= 0.3 is 0 Å². The van der Waals surface area contributed by atoms with E-state index in [0.717, 1.165) is 38.5 Å². The second kappa shape index (κ2) is 13.3. The second-order valence-electron chi connectivity index (χ2n) is 20.2. The lowest BCUT2D eigenvalue weighted by Gasteiger charge is -2.70. The van der Waals surface area contributed by atoms with Gasteiger partial charge in [0.2, 0.25) is 0 Å². The molecule has 0 amide bonds. The predicted octanol–water partition coefficient (Wildman–Crippen LogP) is 2.32. The van der Waals surface area contributed by atoms with E-state index in [4.69, 9.17) is 18.9 Å². The van der Waals surface area contributed by atoms with Gasteiger partial charge in [0.1, 0.15) is 42.7 Å². The topological polar surface area (TPSA) is 199 Å². The van der Waals surface area contributed by atoms with Crippen LogP contribution in [-0.4, -0.2) is 128 Å². The van der Waals surface area contributed by atoms with Crippen molar-refractivity contribution in [1.29, 1.82) is 0 Å². The Morgan fingerprint density at radius 2 is 1.49 bits per heavy atom. The van der Waals surface area contributed by atoms with Crippen molar-refractivity contribution in [2.45, 2.75) is 174 Å². The maximum Gasteiger partial charge on any atom is 0.187 e. The van der Waals surface area contributed by atoms with Crippen LogP contribution in [0.15, 0.2) is 23.3 Å². The lowest BCUT2D eigenvalue weighted by molar-refractivity contribution is -0.372. The van der Waals surface area contributed by atoms with Crippen molar-refractivity contribution in [3.8, 4) is 0 Å². The zero-order valence-corrected chi connectivity index (χ0v) is 32.8. The van der Waals surface area contributed by atoms with Crippen molar-refractivity contribution in [3.63, 3.8) is 0 Å². The summed E-state index contributed by atoms with van der Waals surface area (Å²) < 4.78 is 24.1. The Hall–Kier alpha value is -1.00. The second-order valence-corrected chi connectivity index (χ2v) is 20.2. The number of fused-ring (bicyclic) bond motifs is 6. The SMILES string of the molecule is CC1(C)CC2=C3C=C[C@@H]4[C@@]5(C)[C@H](O)C[C@H](O[C@@H]6O[C@H](CO)[C@@H](O)[C@H](O)[C@H]6O[C@@H]6OC[C@@H](O)[C@H](O)[C@H]6O)C(C)(C)[C@@H]5CC[C@@]4(C)[C@]3(C)CC[C@@]2(C)[C@H](O)C1. The summed E-state index contributed by atoms with van der Waals surface area (Å²) in [5, 5.41) is 86.7. The molecule has 0 unspecified atom stereocenters. The summed E-state index contributed by atoms with van der Waals surface area (Å²) in [5.41, 5.74) is 1.26. The first-order chi connectivity index (χ1) is 24.6. The number of hydrogen-bond acceptors (Lipinski definition) is 12. The molecule has 2 heterocycles. The van der Waals surface area contributed by atoms with Crippen molar-refractivity contribution in [2.24, 2.45) is 44.3 Å². The van der Waals surface area contributed by atoms with Gasteiger partial charge in [0.05, 0.1) is 31.5 Å². The maximum atomic E-state index is 12.4. The molecular weight excluding hydrogens is 684 g/mol. The summed E-state index contributed by atoms with van der Waals surface area (Å²) in [7, 11) is 0. The Bertz CT molecular complexity index is 1460. The Kier molecular flexibility index (Phi) is 10.1. The molecule has 7 rings (SSSR count). The molecule has 0 aromatic heterocycles. The molecule has 53 heavy (non-hydrogen) atoms. The fraction of sp³-hybridized carbons (Fsp3) is 0.902. The molecule has 2 saturated heterocycles. The van der Waals surface area contributed by atoms with E-state index in [1.165, 1.54) is 11.1 Å². The molecule has 0 aromatic rings. The molecule has 0 spiro atoms. The van der Waals surface area contributed by atoms with Crippen LogP contribution in [-0.2, 0) is 18.9 Å². The molecule has 302 valence electrons. The van der Waals surface area contributed by atoms with Gasteiger partial charge in [0.25, 0.3) is 0 Å². The maximum absolute atomic E-state index is 12.4. The van der Waals surface area contributed by atoms with Gasteiger partial charge in [-0.3, -0.25) is 0 Å². The third kappa shape index (κ3) is 5.82. The zero-order chi connectivity index (χ0) is 38.8. The molecule has 0 radical (unpaired) electrons. The number of aliphatic hydroxyl groups excluding tert-OH is 8. The van der Waals surface area contributed by atoms with Crippen LogP contribution in [0.2, 0.25) is 0 Å². The van der Waals surface area contributed by atoms with E-state index >= 15 is 0 Å². The summed E-state index contributed by atoms with van der Waals surface area (Å²) in [5.74, 6) is 0.0782. The zero-order valence-electron chi connectivity index (χ0n) is 32.8. The van der Waals surface area contributed by atoms with E-state index in [0.29, 0.717) is 0 Å². The highest BCUT2D eigenvalue weighted by Gasteiger charge is 2.69. The van der Waals surface area contributed by atoms with Crippen molar-refractivity contribution in [3.05, 3.63) is 23.3 Å². The minimum absolute atomic E-state index is 0.0117. The molecule has 5 fully saturated rings. The average molecular weight is 751 g/mol. The number of aliphatic hydroxyl groups is 8. The summed E-state index contributed by atoms with van der Waals surface area (Å²) in [6.07, 6.45) is -4.43. The number of allylic oxidation sites excluding steroid dienone is 3. The third-order valence-corrected chi connectivity index (χ3v) is 16.4. The van der Waals surface area contributed by atoms with Crippen LogP contribution in [0.1, 0.15) is 100 Å². The fourth-order valence-corrected chi connectivity index (χ4v) is 12.7. The predicted molar refractivity (Wildman–Crippen MR) is 193 cm³/mol. The molecule has 12 heteroatoms. The minimum atomic E-state index is -1.65.